The van der Waals surface area contributed by atoms with E-state index in [-0.39, 0.29) is 13.0 Å². The molecule has 1 fully saturated rings. The molecule has 5 heteroatoms. The molecule has 5 nitrogen and oxygen atoms in total. The van der Waals surface area contributed by atoms with Crippen LogP contribution in [0.4, 0.5) is 0 Å². The summed E-state index contributed by atoms with van der Waals surface area (Å²) in [5.41, 5.74) is 4.76. The Morgan fingerprint density at radius 2 is 1.78 bits per heavy atom. The molecule has 1 saturated heterocycles. The summed E-state index contributed by atoms with van der Waals surface area (Å²) in [6, 6.07) is 14.2. The summed E-state index contributed by atoms with van der Waals surface area (Å²) in [6.45, 7) is 1.96. The van der Waals surface area contributed by atoms with Gasteiger partial charge < -0.3 is 19.7 Å². The number of aliphatic hydroxyl groups is 2. The van der Waals surface area contributed by atoms with Crippen LogP contribution in [0.5, 0.6) is 0 Å². The maximum absolute atomic E-state index is 12.3. The quantitative estimate of drug-likeness (QED) is 0.811. The Kier molecular flexibility index (Phi) is 5.00. The lowest BCUT2D eigenvalue weighted by molar-refractivity contribution is -0.185. The maximum atomic E-state index is 12.3. The van der Waals surface area contributed by atoms with Crippen molar-refractivity contribution in [1.29, 1.82) is 0 Å². The number of esters is 1. The molecule has 27 heavy (non-hydrogen) atoms. The van der Waals surface area contributed by atoms with E-state index in [0.29, 0.717) is 5.56 Å². The first kappa shape index (κ1) is 18.2. The Balaban J connectivity index is 1.64. The van der Waals surface area contributed by atoms with Gasteiger partial charge in [-0.3, -0.25) is 0 Å². The topological polar surface area (TPSA) is 76.0 Å². The number of hydrogen-bond acceptors (Lipinski definition) is 5. The fourth-order valence-electron chi connectivity index (χ4n) is 3.91. The largest absolute Gasteiger partial charge is 0.453 e. The highest BCUT2D eigenvalue weighted by molar-refractivity contribution is 5.92. The van der Waals surface area contributed by atoms with Gasteiger partial charge in [-0.25, -0.2) is 4.79 Å². The summed E-state index contributed by atoms with van der Waals surface area (Å²) >= 11 is 0. The highest BCUT2D eigenvalue weighted by Crippen LogP contribution is 2.40. The van der Waals surface area contributed by atoms with Gasteiger partial charge in [-0.05, 0) is 41.2 Å². The van der Waals surface area contributed by atoms with Gasteiger partial charge in [-0.1, -0.05) is 43.3 Å². The van der Waals surface area contributed by atoms with Crippen molar-refractivity contribution in [3.8, 4) is 0 Å². The molecule has 0 aromatic heterocycles. The van der Waals surface area contributed by atoms with Crippen molar-refractivity contribution in [3.63, 3.8) is 0 Å². The maximum Gasteiger partial charge on any atom is 0.338 e. The third-order valence-corrected chi connectivity index (χ3v) is 5.45. The molecule has 2 N–H and O–H groups in total. The van der Waals surface area contributed by atoms with E-state index >= 15 is 0 Å². The zero-order chi connectivity index (χ0) is 19.0. The van der Waals surface area contributed by atoms with Crippen LogP contribution in [-0.2, 0) is 22.3 Å². The monoisotopic (exact) mass is 368 g/mol. The highest BCUT2D eigenvalue weighted by Gasteiger charge is 2.45. The van der Waals surface area contributed by atoms with Gasteiger partial charge in [0.25, 0.3) is 0 Å². The van der Waals surface area contributed by atoms with Crippen LogP contribution in [0, 0.1) is 0 Å². The standard InChI is InChI=1S/C22H24O5/c1-2-13-3-5-14(6-4-13)9-15-7-8-17-18(10-15)20-21(27-22(17)25)19(24)11-16(12-23)26-20/h3-8,10,16,19-21,23-24H,2,9,11-12H2,1H3/t16-,19?,20-,21?/m0/s1. The van der Waals surface area contributed by atoms with Crippen LogP contribution < -0.4 is 0 Å². The second kappa shape index (κ2) is 7.43. The van der Waals surface area contributed by atoms with Gasteiger partial charge in [0.2, 0.25) is 0 Å². The lowest BCUT2D eigenvalue weighted by Gasteiger charge is -2.42. The van der Waals surface area contributed by atoms with E-state index in [9.17, 15) is 15.0 Å². The minimum Gasteiger partial charge on any atom is -0.453 e. The SMILES string of the molecule is CCc1ccc(Cc2ccc3c(c2)[C@@H]2O[C@H](CO)CC(O)C2OC3=O)cc1. The van der Waals surface area contributed by atoms with Crippen LogP contribution in [-0.4, -0.2) is 41.1 Å². The van der Waals surface area contributed by atoms with E-state index in [0.717, 1.165) is 24.0 Å². The van der Waals surface area contributed by atoms with Gasteiger partial charge in [-0.2, -0.15) is 0 Å². The first-order valence-electron chi connectivity index (χ1n) is 9.45. The molecule has 2 aromatic rings. The summed E-state index contributed by atoms with van der Waals surface area (Å²) in [5, 5.41) is 19.8. The van der Waals surface area contributed by atoms with Crippen molar-refractivity contribution in [1.82, 2.24) is 0 Å². The van der Waals surface area contributed by atoms with Crippen LogP contribution in [0.2, 0.25) is 0 Å². The van der Waals surface area contributed by atoms with Gasteiger partial charge in [0, 0.05) is 6.42 Å². The summed E-state index contributed by atoms with van der Waals surface area (Å²) in [6.07, 6.45) is -0.581. The third kappa shape index (κ3) is 3.50. The minimum absolute atomic E-state index is 0.174. The van der Waals surface area contributed by atoms with E-state index < -0.39 is 30.4 Å². The molecular formula is C22H24O5. The molecule has 0 radical (unpaired) electrons. The van der Waals surface area contributed by atoms with Gasteiger partial charge >= 0.3 is 5.97 Å². The molecule has 2 unspecified atom stereocenters. The first-order chi connectivity index (χ1) is 13.1. The number of fused-ring (bicyclic) bond motifs is 3. The van der Waals surface area contributed by atoms with Crippen LogP contribution in [0.3, 0.4) is 0 Å². The second-order valence-corrected chi connectivity index (χ2v) is 7.30. The molecule has 0 aliphatic carbocycles. The third-order valence-electron chi connectivity index (χ3n) is 5.45. The predicted molar refractivity (Wildman–Crippen MR) is 99.6 cm³/mol. The number of rotatable bonds is 4. The number of carbonyl (C=O) groups is 1. The summed E-state index contributed by atoms with van der Waals surface area (Å²) in [5.74, 6) is -0.435. The second-order valence-electron chi connectivity index (χ2n) is 7.30. The van der Waals surface area contributed by atoms with Crippen molar-refractivity contribution in [2.45, 2.75) is 50.6 Å². The molecule has 4 rings (SSSR count). The normalized spacial score (nSPS) is 26.9. The zero-order valence-corrected chi connectivity index (χ0v) is 15.3. The van der Waals surface area contributed by atoms with Crippen LogP contribution in [0.25, 0.3) is 0 Å². The van der Waals surface area contributed by atoms with E-state index in [1.54, 1.807) is 6.07 Å². The minimum atomic E-state index is -0.844. The molecule has 2 aliphatic rings. The molecule has 0 saturated carbocycles. The Bertz CT molecular complexity index is 829. The molecule has 4 atom stereocenters. The Labute approximate surface area is 158 Å². The molecule has 2 aliphatic heterocycles. The van der Waals surface area contributed by atoms with Crippen molar-refractivity contribution in [2.24, 2.45) is 0 Å². The predicted octanol–water partition coefficient (Wildman–Crippen LogP) is 2.56. The number of hydrogen-bond donors (Lipinski definition) is 2. The molecule has 142 valence electrons. The average molecular weight is 368 g/mol. The van der Waals surface area contributed by atoms with Crippen molar-refractivity contribution in [3.05, 3.63) is 70.3 Å². The molecule has 2 heterocycles. The lowest BCUT2D eigenvalue weighted by Crippen LogP contribution is -2.49. The van der Waals surface area contributed by atoms with Gasteiger partial charge in [0.15, 0.2) is 6.10 Å². The number of carbonyl (C=O) groups excluding carboxylic acids is 1. The molecule has 0 amide bonds. The smallest absolute Gasteiger partial charge is 0.338 e. The summed E-state index contributed by atoms with van der Waals surface area (Å²) < 4.78 is 11.3. The molecule has 2 aromatic carbocycles. The van der Waals surface area contributed by atoms with Crippen molar-refractivity contribution >= 4 is 5.97 Å². The number of ether oxygens (including phenoxy) is 2. The van der Waals surface area contributed by atoms with Crippen LogP contribution >= 0.6 is 0 Å². The van der Waals surface area contributed by atoms with E-state index in [2.05, 4.69) is 31.2 Å². The Morgan fingerprint density at radius 1 is 1.07 bits per heavy atom. The fourth-order valence-corrected chi connectivity index (χ4v) is 3.91. The van der Waals surface area contributed by atoms with Crippen LogP contribution in [0.1, 0.15) is 52.1 Å². The van der Waals surface area contributed by atoms with Gasteiger partial charge in [0.05, 0.1) is 24.4 Å². The highest BCUT2D eigenvalue weighted by atomic mass is 16.6. The summed E-state index contributed by atoms with van der Waals surface area (Å²) in [4.78, 5) is 12.3. The zero-order valence-electron chi connectivity index (χ0n) is 15.3. The Hall–Kier alpha value is -2.21. The summed E-state index contributed by atoms with van der Waals surface area (Å²) in [7, 11) is 0. The number of aryl methyl sites for hydroxylation is 1. The van der Waals surface area contributed by atoms with Crippen molar-refractivity contribution in [2.75, 3.05) is 6.61 Å². The average Bonchev–Trinajstić information content (AvgIpc) is 2.69. The van der Waals surface area contributed by atoms with Gasteiger partial charge in [0.1, 0.15) is 6.10 Å². The number of benzene rings is 2. The first-order valence-corrected chi connectivity index (χ1v) is 9.45. The molecule has 0 spiro atoms. The van der Waals surface area contributed by atoms with Crippen molar-refractivity contribution < 1.29 is 24.5 Å². The van der Waals surface area contributed by atoms with E-state index in [1.165, 1.54) is 11.1 Å². The van der Waals surface area contributed by atoms with E-state index in [4.69, 9.17) is 9.47 Å². The lowest BCUT2D eigenvalue weighted by atomic mass is 9.87. The van der Waals surface area contributed by atoms with E-state index in [1.807, 2.05) is 12.1 Å². The van der Waals surface area contributed by atoms with Crippen LogP contribution in [0.15, 0.2) is 42.5 Å². The molecular weight excluding hydrogens is 344 g/mol. The fraction of sp³-hybridized carbons (Fsp3) is 0.409. The number of aliphatic hydroxyl groups excluding tert-OH is 2. The van der Waals surface area contributed by atoms with Gasteiger partial charge in [-0.15, -0.1) is 0 Å². The Morgan fingerprint density at radius 3 is 2.48 bits per heavy atom. The molecule has 0 bridgehead atoms.